The second kappa shape index (κ2) is 11.6. The summed E-state index contributed by atoms with van der Waals surface area (Å²) >= 11 is 6.19. The van der Waals surface area contributed by atoms with Gasteiger partial charge in [-0.3, -0.25) is 24.6 Å². The summed E-state index contributed by atoms with van der Waals surface area (Å²) in [5.41, 5.74) is 5.13. The molecule has 3 amide bonds. The molecular formula is C32H34ClN3O4. The van der Waals surface area contributed by atoms with E-state index in [1.807, 2.05) is 12.1 Å². The molecule has 40 heavy (non-hydrogen) atoms. The minimum Gasteiger partial charge on any atom is -0.489 e. The summed E-state index contributed by atoms with van der Waals surface area (Å²) in [5.74, 6) is 0.385. The predicted molar refractivity (Wildman–Crippen MR) is 153 cm³/mol. The van der Waals surface area contributed by atoms with E-state index in [0.717, 1.165) is 37.2 Å². The zero-order valence-corrected chi connectivity index (χ0v) is 23.2. The summed E-state index contributed by atoms with van der Waals surface area (Å²) in [6.07, 6.45) is 10.5. The van der Waals surface area contributed by atoms with Gasteiger partial charge in [-0.1, -0.05) is 48.6 Å². The van der Waals surface area contributed by atoms with Gasteiger partial charge in [0.05, 0.1) is 11.9 Å². The number of alkyl halides is 1. The van der Waals surface area contributed by atoms with Crippen LogP contribution in [0.2, 0.25) is 0 Å². The molecule has 0 spiro atoms. The van der Waals surface area contributed by atoms with Crippen molar-refractivity contribution in [2.24, 2.45) is 5.92 Å². The summed E-state index contributed by atoms with van der Waals surface area (Å²) < 4.78 is 6.23. The van der Waals surface area contributed by atoms with Crippen molar-refractivity contribution in [3.8, 4) is 5.75 Å². The summed E-state index contributed by atoms with van der Waals surface area (Å²) in [5, 5.41) is 2.49. The smallest absolute Gasteiger partial charge is 0.255 e. The second-order valence-corrected chi connectivity index (χ2v) is 11.7. The lowest BCUT2D eigenvalue weighted by molar-refractivity contribution is -0.136. The van der Waals surface area contributed by atoms with Crippen LogP contribution in [0.3, 0.4) is 0 Å². The van der Waals surface area contributed by atoms with Gasteiger partial charge in [-0.05, 0) is 73.5 Å². The van der Waals surface area contributed by atoms with Crippen LogP contribution >= 0.6 is 11.6 Å². The van der Waals surface area contributed by atoms with E-state index in [-0.39, 0.29) is 23.6 Å². The maximum Gasteiger partial charge on any atom is 0.255 e. The lowest BCUT2D eigenvalue weighted by atomic mass is 9.86. The first-order chi connectivity index (χ1) is 19.4. The molecule has 1 N–H and O–H groups in total. The monoisotopic (exact) mass is 559 g/mol. The van der Waals surface area contributed by atoms with Gasteiger partial charge in [0.15, 0.2) is 0 Å². The number of benzene rings is 2. The molecule has 208 valence electrons. The van der Waals surface area contributed by atoms with Crippen molar-refractivity contribution in [2.75, 3.05) is 13.1 Å². The number of hydrogen-bond acceptors (Lipinski definition) is 5. The maximum absolute atomic E-state index is 13.1. The fourth-order valence-corrected chi connectivity index (χ4v) is 6.43. The molecule has 4 aliphatic rings. The molecule has 3 heterocycles. The molecule has 1 aliphatic carbocycles. The van der Waals surface area contributed by atoms with Crippen LogP contribution in [-0.4, -0.2) is 52.0 Å². The molecule has 2 fully saturated rings. The number of nitrogens with one attached hydrogen (secondary N) is 1. The van der Waals surface area contributed by atoms with Gasteiger partial charge < -0.3 is 9.64 Å². The van der Waals surface area contributed by atoms with Crippen molar-refractivity contribution in [3.05, 3.63) is 88.5 Å². The van der Waals surface area contributed by atoms with Gasteiger partial charge in [-0.15, -0.1) is 11.6 Å². The topological polar surface area (TPSA) is 79.0 Å². The van der Waals surface area contributed by atoms with Crippen LogP contribution in [0.4, 0.5) is 0 Å². The number of carbonyl (C=O) groups excluding carboxylic acids is 3. The number of amides is 3. The lowest BCUT2D eigenvalue weighted by Gasteiger charge is -2.33. The molecule has 0 bridgehead atoms. The zero-order valence-electron chi connectivity index (χ0n) is 22.5. The number of nitrogens with zero attached hydrogens (tertiary/aromatic N) is 2. The number of allylic oxidation sites excluding steroid dienone is 4. The van der Waals surface area contributed by atoms with Crippen LogP contribution in [0.1, 0.15) is 59.2 Å². The number of halogens is 1. The van der Waals surface area contributed by atoms with Crippen LogP contribution < -0.4 is 10.1 Å². The van der Waals surface area contributed by atoms with Gasteiger partial charge in [-0.2, -0.15) is 0 Å². The third kappa shape index (κ3) is 5.72. The van der Waals surface area contributed by atoms with E-state index in [4.69, 9.17) is 16.3 Å². The Morgan fingerprint density at radius 2 is 1.80 bits per heavy atom. The van der Waals surface area contributed by atoms with E-state index in [2.05, 4.69) is 52.7 Å². The van der Waals surface area contributed by atoms with Crippen LogP contribution in [0.25, 0.3) is 0 Å². The van der Waals surface area contributed by atoms with Crippen molar-refractivity contribution in [2.45, 2.75) is 63.2 Å². The minimum atomic E-state index is -0.638. The third-order valence-electron chi connectivity index (χ3n) is 8.47. The van der Waals surface area contributed by atoms with Gasteiger partial charge in [0.1, 0.15) is 18.4 Å². The Bertz CT molecular complexity index is 1380. The van der Waals surface area contributed by atoms with E-state index in [1.54, 1.807) is 11.0 Å². The number of imide groups is 1. The molecule has 2 saturated heterocycles. The van der Waals surface area contributed by atoms with Crippen LogP contribution in [0, 0.1) is 5.92 Å². The highest BCUT2D eigenvalue weighted by Gasteiger charge is 2.40. The van der Waals surface area contributed by atoms with Crippen molar-refractivity contribution >= 4 is 29.3 Å². The fourth-order valence-electron chi connectivity index (χ4n) is 6.27. The number of carbonyl (C=O) groups is 3. The van der Waals surface area contributed by atoms with E-state index >= 15 is 0 Å². The second-order valence-electron chi connectivity index (χ2n) is 11.2. The van der Waals surface area contributed by atoms with Gasteiger partial charge in [0.25, 0.3) is 5.91 Å². The van der Waals surface area contributed by atoms with Crippen molar-refractivity contribution < 1.29 is 19.1 Å². The average molecular weight is 560 g/mol. The van der Waals surface area contributed by atoms with Crippen LogP contribution in [-0.2, 0) is 29.3 Å². The van der Waals surface area contributed by atoms with E-state index in [9.17, 15) is 14.4 Å². The van der Waals surface area contributed by atoms with Gasteiger partial charge in [0.2, 0.25) is 11.8 Å². The molecule has 0 radical (unpaired) electrons. The van der Waals surface area contributed by atoms with Crippen molar-refractivity contribution in [1.82, 2.24) is 15.1 Å². The molecule has 8 heteroatoms. The highest BCUT2D eigenvalue weighted by Crippen LogP contribution is 2.34. The number of rotatable bonds is 7. The molecule has 3 aliphatic heterocycles. The summed E-state index contributed by atoms with van der Waals surface area (Å²) in [6.45, 7) is 3.76. The Labute approximate surface area is 239 Å². The molecule has 2 aromatic rings. The number of ether oxygens (including phenoxy) is 1. The number of likely N-dealkylation sites (tertiary alicyclic amines) is 1. The number of fused-ring (bicyclic) bond motifs is 1. The molecule has 0 aromatic heterocycles. The van der Waals surface area contributed by atoms with E-state index in [1.165, 1.54) is 24.0 Å². The SMILES string of the molecule is O=C1CCC(N2Cc3c(OCc4cccc(CN5CCC(C6=CCC(Cl)C=C6)CC5)c4)cccc3C2=O)C(=O)N1. The highest BCUT2D eigenvalue weighted by atomic mass is 35.5. The quantitative estimate of drug-likeness (QED) is 0.392. The summed E-state index contributed by atoms with van der Waals surface area (Å²) in [7, 11) is 0. The molecule has 2 unspecified atom stereocenters. The van der Waals surface area contributed by atoms with Crippen LogP contribution in [0.5, 0.6) is 5.75 Å². The predicted octanol–water partition coefficient (Wildman–Crippen LogP) is 4.73. The van der Waals surface area contributed by atoms with Gasteiger partial charge in [-0.25, -0.2) is 0 Å². The average Bonchev–Trinajstić information content (AvgIpc) is 3.29. The molecule has 0 saturated carbocycles. The normalized spacial score (nSPS) is 23.7. The lowest BCUT2D eigenvalue weighted by Crippen LogP contribution is -2.52. The Hall–Kier alpha value is -3.42. The first kappa shape index (κ1) is 26.8. The Morgan fingerprint density at radius 3 is 2.58 bits per heavy atom. The highest BCUT2D eigenvalue weighted by molar-refractivity contribution is 6.22. The molecule has 2 aromatic carbocycles. The number of piperidine rings is 2. The Morgan fingerprint density at radius 1 is 1.00 bits per heavy atom. The third-order valence-corrected chi connectivity index (χ3v) is 8.79. The largest absolute Gasteiger partial charge is 0.489 e. The Kier molecular flexibility index (Phi) is 7.76. The Balaban J connectivity index is 1.05. The van der Waals surface area contributed by atoms with Gasteiger partial charge in [0, 0.05) is 24.1 Å². The van der Waals surface area contributed by atoms with Crippen LogP contribution in [0.15, 0.2) is 66.3 Å². The molecule has 2 atom stereocenters. The zero-order chi connectivity index (χ0) is 27.6. The summed E-state index contributed by atoms with van der Waals surface area (Å²) in [6, 6.07) is 13.3. The first-order valence-corrected chi connectivity index (χ1v) is 14.6. The first-order valence-electron chi connectivity index (χ1n) is 14.2. The van der Waals surface area contributed by atoms with Crippen molar-refractivity contribution in [1.29, 1.82) is 0 Å². The fraction of sp³-hybridized carbons (Fsp3) is 0.406. The minimum absolute atomic E-state index is 0.137. The molecule has 6 rings (SSSR count). The number of hydrogen-bond donors (Lipinski definition) is 1. The van der Waals surface area contributed by atoms with Gasteiger partial charge >= 0.3 is 0 Å². The standard InChI is InChI=1S/C32H34ClN3O4/c33-25-9-7-23(8-10-25)24-13-15-35(16-14-24)18-21-3-1-4-22(17-21)20-40-29-6-2-5-26-27(29)19-36(32(26)39)28-11-12-30(37)34-31(28)38/h1-9,17,24-25,28H,10-16,18-20H2,(H,34,37,38). The van der Waals surface area contributed by atoms with E-state index < -0.39 is 11.9 Å². The van der Waals surface area contributed by atoms with Crippen molar-refractivity contribution in [3.63, 3.8) is 0 Å². The molecular weight excluding hydrogens is 526 g/mol. The van der Waals surface area contributed by atoms with E-state index in [0.29, 0.717) is 36.8 Å². The maximum atomic E-state index is 13.1. The molecule has 7 nitrogen and oxygen atoms in total. The summed E-state index contributed by atoms with van der Waals surface area (Å²) in [4.78, 5) is 41.1.